The Balaban J connectivity index is 1.81. The molecule has 0 bridgehead atoms. The number of benzene rings is 2. The third-order valence-corrected chi connectivity index (χ3v) is 5.47. The molecule has 0 saturated carbocycles. The van der Waals surface area contributed by atoms with Crippen LogP contribution in [0.2, 0.25) is 0 Å². The van der Waals surface area contributed by atoms with Gasteiger partial charge in [-0.2, -0.15) is 5.10 Å². The first-order chi connectivity index (χ1) is 15.7. The largest absolute Gasteiger partial charge is 0.329 e. The molecule has 0 spiro atoms. The van der Waals surface area contributed by atoms with Gasteiger partial charge in [0.2, 0.25) is 5.91 Å². The van der Waals surface area contributed by atoms with E-state index in [0.717, 1.165) is 24.2 Å². The molecule has 0 radical (unpaired) electrons. The van der Waals surface area contributed by atoms with Crippen molar-refractivity contribution in [1.29, 1.82) is 0 Å². The van der Waals surface area contributed by atoms with E-state index >= 15 is 0 Å². The van der Waals surface area contributed by atoms with Crippen LogP contribution in [0.15, 0.2) is 60.7 Å². The van der Waals surface area contributed by atoms with E-state index in [9.17, 15) is 9.59 Å². The Hall–Kier alpha value is -3.41. The average Bonchev–Trinajstić information content (AvgIpc) is 3.23. The first-order valence-corrected chi connectivity index (χ1v) is 11.6. The third-order valence-electron chi connectivity index (χ3n) is 5.47. The standard InChI is InChI=1S/C27H34N4O2/c1-6-17-30(26(33)21-15-13-20(7-2)14-16-21)19-25(32)28-24-18-23(27(3,4)5)29-31(24)22-11-9-8-10-12-22/h8-16,18H,6-7,17,19H2,1-5H3,(H,28,32). The summed E-state index contributed by atoms with van der Waals surface area (Å²) in [4.78, 5) is 27.7. The van der Waals surface area contributed by atoms with Crippen LogP contribution in [0.5, 0.6) is 0 Å². The van der Waals surface area contributed by atoms with Gasteiger partial charge in [-0.15, -0.1) is 0 Å². The monoisotopic (exact) mass is 446 g/mol. The topological polar surface area (TPSA) is 67.2 Å². The maximum atomic E-state index is 13.1. The summed E-state index contributed by atoms with van der Waals surface area (Å²) in [7, 11) is 0. The van der Waals surface area contributed by atoms with Gasteiger partial charge in [-0.25, -0.2) is 4.68 Å². The molecule has 33 heavy (non-hydrogen) atoms. The second kappa shape index (κ2) is 10.5. The number of para-hydroxylation sites is 1. The van der Waals surface area contributed by atoms with Gasteiger partial charge in [0, 0.05) is 23.6 Å². The van der Waals surface area contributed by atoms with Crippen molar-refractivity contribution in [3.63, 3.8) is 0 Å². The van der Waals surface area contributed by atoms with E-state index in [4.69, 9.17) is 5.10 Å². The van der Waals surface area contributed by atoms with Crippen LogP contribution in [0.3, 0.4) is 0 Å². The fourth-order valence-electron chi connectivity index (χ4n) is 3.55. The summed E-state index contributed by atoms with van der Waals surface area (Å²) in [6, 6.07) is 19.2. The maximum absolute atomic E-state index is 13.1. The second-order valence-corrected chi connectivity index (χ2v) is 9.24. The molecule has 6 nitrogen and oxygen atoms in total. The first kappa shape index (κ1) is 24.2. The zero-order valence-electron chi connectivity index (χ0n) is 20.3. The lowest BCUT2D eigenvalue weighted by atomic mass is 9.92. The minimum absolute atomic E-state index is 0.0208. The van der Waals surface area contributed by atoms with Crippen molar-refractivity contribution in [2.45, 2.75) is 52.9 Å². The van der Waals surface area contributed by atoms with Crippen LogP contribution in [0.1, 0.15) is 62.7 Å². The van der Waals surface area contributed by atoms with Crippen molar-refractivity contribution >= 4 is 17.6 Å². The summed E-state index contributed by atoms with van der Waals surface area (Å²) in [5.41, 5.74) is 3.34. The van der Waals surface area contributed by atoms with Crippen molar-refractivity contribution in [3.8, 4) is 5.69 Å². The smallest absolute Gasteiger partial charge is 0.254 e. The van der Waals surface area contributed by atoms with E-state index in [2.05, 4.69) is 33.0 Å². The van der Waals surface area contributed by atoms with Crippen molar-refractivity contribution in [2.75, 3.05) is 18.4 Å². The normalized spacial score (nSPS) is 11.3. The minimum atomic E-state index is -0.250. The number of aryl methyl sites for hydroxylation is 1. The highest BCUT2D eigenvalue weighted by Crippen LogP contribution is 2.26. The SMILES string of the molecule is CCCN(CC(=O)Nc1cc(C(C)(C)C)nn1-c1ccccc1)C(=O)c1ccc(CC)cc1. The number of carbonyl (C=O) groups is 2. The van der Waals surface area contributed by atoms with E-state index < -0.39 is 0 Å². The molecule has 2 amide bonds. The molecule has 0 aliphatic rings. The van der Waals surface area contributed by atoms with E-state index in [1.54, 1.807) is 9.58 Å². The van der Waals surface area contributed by atoms with Gasteiger partial charge in [0.25, 0.3) is 5.91 Å². The van der Waals surface area contributed by atoms with Gasteiger partial charge < -0.3 is 10.2 Å². The van der Waals surface area contributed by atoms with Crippen LogP contribution in [0.4, 0.5) is 5.82 Å². The predicted octanol–water partition coefficient (Wildman–Crippen LogP) is 5.22. The number of rotatable bonds is 8. The van der Waals surface area contributed by atoms with Gasteiger partial charge in [0.15, 0.2) is 0 Å². The van der Waals surface area contributed by atoms with Gasteiger partial charge >= 0.3 is 0 Å². The summed E-state index contributed by atoms with van der Waals surface area (Å²) in [6.07, 6.45) is 1.68. The molecule has 6 heteroatoms. The summed E-state index contributed by atoms with van der Waals surface area (Å²) >= 11 is 0. The van der Waals surface area contributed by atoms with Gasteiger partial charge in [-0.05, 0) is 42.7 Å². The number of hydrogen-bond acceptors (Lipinski definition) is 3. The molecule has 3 aromatic rings. The Morgan fingerprint density at radius 3 is 2.24 bits per heavy atom. The van der Waals surface area contributed by atoms with E-state index in [-0.39, 0.29) is 23.8 Å². The highest BCUT2D eigenvalue weighted by Gasteiger charge is 2.23. The highest BCUT2D eigenvalue weighted by molar-refractivity contribution is 5.99. The molecule has 0 unspecified atom stereocenters. The Morgan fingerprint density at radius 1 is 1.00 bits per heavy atom. The Kier molecular flexibility index (Phi) is 7.69. The van der Waals surface area contributed by atoms with Gasteiger partial charge in [0.1, 0.15) is 12.4 Å². The van der Waals surface area contributed by atoms with Crippen molar-refractivity contribution in [2.24, 2.45) is 0 Å². The Bertz CT molecular complexity index is 1080. The average molecular weight is 447 g/mol. The summed E-state index contributed by atoms with van der Waals surface area (Å²) in [5, 5.41) is 7.72. The van der Waals surface area contributed by atoms with Crippen molar-refractivity contribution in [3.05, 3.63) is 77.5 Å². The van der Waals surface area contributed by atoms with E-state index in [0.29, 0.717) is 17.9 Å². The van der Waals surface area contributed by atoms with Crippen LogP contribution in [0.25, 0.3) is 5.69 Å². The fourth-order valence-corrected chi connectivity index (χ4v) is 3.55. The van der Waals surface area contributed by atoms with Gasteiger partial charge in [0.05, 0.1) is 11.4 Å². The van der Waals surface area contributed by atoms with Crippen LogP contribution >= 0.6 is 0 Å². The number of carbonyl (C=O) groups excluding carboxylic acids is 2. The van der Waals surface area contributed by atoms with Crippen LogP contribution in [0, 0.1) is 0 Å². The minimum Gasteiger partial charge on any atom is -0.329 e. The van der Waals surface area contributed by atoms with Gasteiger partial charge in [-0.3, -0.25) is 9.59 Å². The third kappa shape index (κ3) is 6.09. The lowest BCUT2D eigenvalue weighted by molar-refractivity contribution is -0.116. The van der Waals surface area contributed by atoms with E-state index in [1.165, 1.54) is 5.56 Å². The Morgan fingerprint density at radius 2 is 1.67 bits per heavy atom. The van der Waals surface area contributed by atoms with Crippen molar-refractivity contribution in [1.82, 2.24) is 14.7 Å². The van der Waals surface area contributed by atoms with E-state index in [1.807, 2.05) is 67.6 Å². The molecule has 1 heterocycles. The number of hydrogen-bond donors (Lipinski definition) is 1. The second-order valence-electron chi connectivity index (χ2n) is 9.24. The molecule has 0 saturated heterocycles. The molecule has 0 atom stereocenters. The summed E-state index contributed by atoms with van der Waals surface area (Å²) in [5.74, 6) is 0.202. The van der Waals surface area contributed by atoms with Crippen LogP contribution < -0.4 is 5.32 Å². The Labute approximate surface area is 196 Å². The molecule has 0 aliphatic carbocycles. The molecule has 0 fully saturated rings. The maximum Gasteiger partial charge on any atom is 0.254 e. The summed E-state index contributed by atoms with van der Waals surface area (Å²) in [6.45, 7) is 10.8. The highest BCUT2D eigenvalue weighted by atomic mass is 16.2. The molecule has 1 aromatic heterocycles. The lowest BCUT2D eigenvalue weighted by Gasteiger charge is -2.22. The molecular weight excluding hydrogens is 412 g/mol. The van der Waals surface area contributed by atoms with Gasteiger partial charge in [-0.1, -0.05) is 65.0 Å². The number of nitrogens with zero attached hydrogens (tertiary/aromatic N) is 3. The molecule has 174 valence electrons. The quantitative estimate of drug-likeness (QED) is 0.516. The van der Waals surface area contributed by atoms with Crippen molar-refractivity contribution < 1.29 is 9.59 Å². The predicted molar refractivity (Wildman–Crippen MR) is 133 cm³/mol. The molecule has 0 aliphatic heterocycles. The molecular formula is C27H34N4O2. The zero-order valence-corrected chi connectivity index (χ0v) is 20.3. The first-order valence-electron chi connectivity index (χ1n) is 11.6. The zero-order chi connectivity index (χ0) is 24.0. The molecule has 2 aromatic carbocycles. The number of aromatic nitrogens is 2. The van der Waals surface area contributed by atoms with Crippen LogP contribution in [-0.2, 0) is 16.6 Å². The summed E-state index contributed by atoms with van der Waals surface area (Å²) < 4.78 is 1.74. The number of anilines is 1. The van der Waals surface area contributed by atoms with Crippen LogP contribution in [-0.4, -0.2) is 39.6 Å². The lowest BCUT2D eigenvalue weighted by Crippen LogP contribution is -2.38. The molecule has 3 rings (SSSR count). The number of nitrogens with one attached hydrogen (secondary N) is 1. The molecule has 1 N–H and O–H groups in total. The fraction of sp³-hybridized carbons (Fsp3) is 0.370. The number of amides is 2.